The zero-order valence-electron chi connectivity index (χ0n) is 12.7. The number of carboxylic acid groups (broad SMARTS) is 1. The van der Waals surface area contributed by atoms with Crippen LogP contribution in [0.2, 0.25) is 0 Å². The first kappa shape index (κ1) is 15.3. The van der Waals surface area contributed by atoms with Gasteiger partial charge in [-0.05, 0) is 37.2 Å². The summed E-state index contributed by atoms with van der Waals surface area (Å²) in [7, 11) is 0. The second-order valence-corrected chi connectivity index (χ2v) is 6.30. The van der Waals surface area contributed by atoms with E-state index in [0.29, 0.717) is 18.0 Å². The second kappa shape index (κ2) is 5.54. The van der Waals surface area contributed by atoms with Crippen molar-refractivity contribution in [2.45, 2.75) is 19.8 Å². The Kier molecular flexibility index (Phi) is 3.68. The molecule has 0 unspecified atom stereocenters. The van der Waals surface area contributed by atoms with Gasteiger partial charge in [-0.1, -0.05) is 0 Å². The highest BCUT2D eigenvalue weighted by Gasteiger charge is 2.47. The largest absolute Gasteiger partial charge is 0.481 e. The van der Waals surface area contributed by atoms with Gasteiger partial charge in [-0.3, -0.25) is 14.4 Å². The van der Waals surface area contributed by atoms with Crippen molar-refractivity contribution in [3.63, 3.8) is 0 Å². The van der Waals surface area contributed by atoms with E-state index < -0.39 is 17.4 Å². The summed E-state index contributed by atoms with van der Waals surface area (Å²) in [6.45, 7) is 2.15. The van der Waals surface area contributed by atoms with Gasteiger partial charge >= 0.3 is 5.97 Å². The molecule has 0 spiro atoms. The van der Waals surface area contributed by atoms with Gasteiger partial charge in [0.1, 0.15) is 11.6 Å². The minimum Gasteiger partial charge on any atom is -0.481 e. The van der Waals surface area contributed by atoms with Gasteiger partial charge in [0.05, 0.1) is 11.5 Å². The van der Waals surface area contributed by atoms with Crippen LogP contribution < -0.4 is 5.56 Å². The molecule has 1 aromatic heterocycles. The van der Waals surface area contributed by atoms with Crippen molar-refractivity contribution in [2.24, 2.45) is 17.8 Å². The average molecular weight is 315 g/mol. The Morgan fingerprint density at radius 3 is 2.65 bits per heavy atom. The van der Waals surface area contributed by atoms with Crippen LogP contribution in [-0.4, -0.2) is 40.0 Å². The normalized spacial score (nSPS) is 23.6. The zero-order chi connectivity index (χ0) is 16.7. The molecule has 2 atom stereocenters. The number of hydrogen-bond acceptors (Lipinski definition) is 4. The molecular formula is C16H17N3O4. The average Bonchev–Trinajstić information content (AvgIpc) is 3.25. The third-order valence-electron chi connectivity index (χ3n) is 4.89. The summed E-state index contributed by atoms with van der Waals surface area (Å²) in [5.41, 5.74) is -0.0180. The lowest BCUT2D eigenvalue weighted by molar-refractivity contribution is -0.142. The van der Waals surface area contributed by atoms with Crippen molar-refractivity contribution in [2.75, 3.05) is 13.1 Å². The number of aromatic nitrogens is 1. The molecule has 23 heavy (non-hydrogen) atoms. The van der Waals surface area contributed by atoms with Gasteiger partial charge in [-0.15, -0.1) is 0 Å². The fourth-order valence-corrected chi connectivity index (χ4v) is 3.41. The van der Waals surface area contributed by atoms with Gasteiger partial charge in [0.25, 0.3) is 11.5 Å². The van der Waals surface area contributed by atoms with E-state index in [-0.39, 0.29) is 29.5 Å². The summed E-state index contributed by atoms with van der Waals surface area (Å²) in [4.78, 5) is 39.6. The third kappa shape index (κ3) is 2.61. The maximum atomic E-state index is 12.7. The molecule has 0 bridgehead atoms. The van der Waals surface area contributed by atoms with Crippen LogP contribution >= 0.6 is 0 Å². The highest BCUT2D eigenvalue weighted by molar-refractivity contribution is 5.96. The molecule has 1 aliphatic heterocycles. The Balaban J connectivity index is 1.88. The van der Waals surface area contributed by atoms with Gasteiger partial charge in [0.15, 0.2) is 0 Å². The molecule has 2 aliphatic rings. The number of carbonyl (C=O) groups is 2. The van der Waals surface area contributed by atoms with E-state index in [2.05, 4.69) is 4.98 Å². The van der Waals surface area contributed by atoms with Crippen LogP contribution in [0.1, 0.15) is 34.3 Å². The number of nitrogens with zero attached hydrogens (tertiary/aromatic N) is 2. The van der Waals surface area contributed by atoms with Crippen molar-refractivity contribution in [3.8, 4) is 6.07 Å². The SMILES string of the molecule is Cc1c(C(=O)N2C[C@H](C(=O)O)[C@@H](C3CC3)C2)c[nH]c(=O)c1C#N. The van der Waals surface area contributed by atoms with Crippen LogP contribution in [0.5, 0.6) is 0 Å². The van der Waals surface area contributed by atoms with Gasteiger partial charge in [-0.2, -0.15) is 5.26 Å². The molecule has 1 amide bonds. The van der Waals surface area contributed by atoms with Crippen LogP contribution in [0, 0.1) is 36.0 Å². The smallest absolute Gasteiger partial charge is 0.308 e. The van der Waals surface area contributed by atoms with E-state index in [9.17, 15) is 19.5 Å². The Bertz CT molecular complexity index is 773. The molecule has 3 rings (SSSR count). The predicted molar refractivity (Wildman–Crippen MR) is 79.8 cm³/mol. The van der Waals surface area contributed by atoms with Crippen molar-refractivity contribution in [1.29, 1.82) is 5.26 Å². The number of aromatic amines is 1. The minimum atomic E-state index is -0.867. The van der Waals surface area contributed by atoms with Gasteiger partial charge in [0.2, 0.25) is 0 Å². The van der Waals surface area contributed by atoms with Crippen LogP contribution in [0.3, 0.4) is 0 Å². The number of H-pyrrole nitrogens is 1. The maximum absolute atomic E-state index is 12.7. The number of hydrogen-bond donors (Lipinski definition) is 2. The highest BCUT2D eigenvalue weighted by atomic mass is 16.4. The molecule has 7 heteroatoms. The number of likely N-dealkylation sites (tertiary alicyclic amines) is 1. The summed E-state index contributed by atoms with van der Waals surface area (Å²) >= 11 is 0. The number of rotatable bonds is 3. The number of nitrogens with one attached hydrogen (secondary N) is 1. The van der Waals surface area contributed by atoms with E-state index in [0.717, 1.165) is 12.8 Å². The Labute approximate surface area is 132 Å². The molecule has 2 N–H and O–H groups in total. The zero-order valence-corrected chi connectivity index (χ0v) is 12.7. The second-order valence-electron chi connectivity index (χ2n) is 6.30. The molecular weight excluding hydrogens is 298 g/mol. The maximum Gasteiger partial charge on any atom is 0.308 e. The molecule has 2 heterocycles. The number of aliphatic carboxylic acids is 1. The topological polar surface area (TPSA) is 114 Å². The Morgan fingerprint density at radius 1 is 1.39 bits per heavy atom. The quantitative estimate of drug-likeness (QED) is 0.853. The predicted octanol–water partition coefficient (Wildman–Crippen LogP) is 0.738. The molecule has 0 radical (unpaired) electrons. The van der Waals surface area contributed by atoms with Crippen molar-refractivity contribution >= 4 is 11.9 Å². The first-order valence-electron chi connectivity index (χ1n) is 7.58. The van der Waals surface area contributed by atoms with Crippen LogP contribution in [-0.2, 0) is 4.79 Å². The lowest BCUT2D eigenvalue weighted by Gasteiger charge is -2.17. The molecule has 7 nitrogen and oxygen atoms in total. The van der Waals surface area contributed by atoms with Gasteiger partial charge < -0.3 is 15.0 Å². The number of pyridine rings is 1. The van der Waals surface area contributed by atoms with Gasteiger partial charge in [-0.25, -0.2) is 0 Å². The number of nitriles is 1. The molecule has 120 valence electrons. The molecule has 0 aromatic carbocycles. The lowest BCUT2D eigenvalue weighted by atomic mass is 9.92. The van der Waals surface area contributed by atoms with Crippen molar-refractivity contribution < 1.29 is 14.7 Å². The first-order valence-corrected chi connectivity index (χ1v) is 7.58. The lowest BCUT2D eigenvalue weighted by Crippen LogP contribution is -2.31. The summed E-state index contributed by atoms with van der Waals surface area (Å²) in [5, 5.41) is 18.4. The molecule has 1 aromatic rings. The van der Waals surface area contributed by atoms with Crippen molar-refractivity contribution in [1.82, 2.24) is 9.88 Å². The first-order chi connectivity index (χ1) is 10.9. The Hall–Kier alpha value is -2.62. The van der Waals surface area contributed by atoms with Crippen LogP contribution in [0.25, 0.3) is 0 Å². The van der Waals surface area contributed by atoms with Gasteiger partial charge in [0, 0.05) is 19.3 Å². The highest BCUT2D eigenvalue weighted by Crippen LogP contribution is 2.44. The molecule has 2 fully saturated rings. The molecule has 1 aliphatic carbocycles. The monoisotopic (exact) mass is 315 g/mol. The fourth-order valence-electron chi connectivity index (χ4n) is 3.41. The molecule has 1 saturated heterocycles. The summed E-state index contributed by atoms with van der Waals surface area (Å²) in [6, 6.07) is 1.80. The van der Waals surface area contributed by atoms with Crippen LogP contribution in [0.4, 0.5) is 0 Å². The minimum absolute atomic E-state index is 0.00467. The van der Waals surface area contributed by atoms with E-state index in [4.69, 9.17) is 5.26 Å². The summed E-state index contributed by atoms with van der Waals surface area (Å²) < 4.78 is 0. The van der Waals surface area contributed by atoms with E-state index in [1.807, 2.05) is 0 Å². The van der Waals surface area contributed by atoms with Crippen LogP contribution in [0.15, 0.2) is 11.0 Å². The van der Waals surface area contributed by atoms with E-state index in [1.165, 1.54) is 11.1 Å². The molecule has 1 saturated carbocycles. The summed E-state index contributed by atoms with van der Waals surface area (Å²) in [6.07, 6.45) is 3.35. The standard InChI is InChI=1S/C16H17N3O4/c1-8-10(4-17)14(20)18-5-11(8)15(21)19-6-12(9-2-3-9)13(7-19)16(22)23/h5,9,12-13H,2-3,6-7H2,1H3,(H,18,20)(H,22,23)/t12-,13+/m1/s1. The third-order valence-corrected chi connectivity index (χ3v) is 4.89. The van der Waals surface area contributed by atoms with Crippen molar-refractivity contribution in [3.05, 3.63) is 33.2 Å². The number of carbonyl (C=O) groups excluding carboxylic acids is 1. The summed E-state index contributed by atoms with van der Waals surface area (Å²) in [5.74, 6) is -1.35. The van der Waals surface area contributed by atoms with E-state index in [1.54, 1.807) is 13.0 Å². The fraction of sp³-hybridized carbons (Fsp3) is 0.500. The van der Waals surface area contributed by atoms with E-state index >= 15 is 0 Å². The number of amides is 1. The number of carboxylic acids is 1. The Morgan fingerprint density at radius 2 is 2.09 bits per heavy atom.